The van der Waals surface area contributed by atoms with Crippen LogP contribution in [0.15, 0.2) is 71.3 Å². The van der Waals surface area contributed by atoms with Gasteiger partial charge < -0.3 is 9.42 Å². The lowest BCUT2D eigenvalue weighted by molar-refractivity contribution is -0.137. The fourth-order valence-electron chi connectivity index (χ4n) is 4.30. The molecule has 1 aromatic heterocycles. The van der Waals surface area contributed by atoms with Gasteiger partial charge in [-0.05, 0) is 42.0 Å². The maximum absolute atomic E-state index is 14.0. The van der Waals surface area contributed by atoms with Gasteiger partial charge in [0.1, 0.15) is 0 Å². The molecule has 0 radical (unpaired) electrons. The smallest absolute Gasteiger partial charge is 0.336 e. The Balaban J connectivity index is 1.23. The highest BCUT2D eigenvalue weighted by Gasteiger charge is 2.31. The van der Waals surface area contributed by atoms with Gasteiger partial charge in [-0.15, -0.1) is 0 Å². The van der Waals surface area contributed by atoms with Gasteiger partial charge in [0.25, 0.3) is 11.8 Å². The average molecular weight is 528 g/mol. The first kappa shape index (κ1) is 25.5. The van der Waals surface area contributed by atoms with E-state index < -0.39 is 29.3 Å². The molecule has 38 heavy (non-hydrogen) atoms. The van der Waals surface area contributed by atoms with E-state index >= 15 is 0 Å². The Hall–Kier alpha value is -4.12. The number of piperazine rings is 1. The first-order valence-corrected chi connectivity index (χ1v) is 11.8. The summed E-state index contributed by atoms with van der Waals surface area (Å²) >= 11 is 0. The minimum Gasteiger partial charge on any atom is -0.336 e. The molecule has 11 heteroatoms. The van der Waals surface area contributed by atoms with Crippen molar-refractivity contribution in [3.63, 3.8) is 0 Å². The molecular weight excluding hydrogens is 507 g/mol. The zero-order valence-corrected chi connectivity index (χ0v) is 19.9. The molecule has 196 valence electrons. The van der Waals surface area contributed by atoms with Gasteiger partial charge in [-0.3, -0.25) is 9.69 Å². The van der Waals surface area contributed by atoms with Gasteiger partial charge in [0.2, 0.25) is 5.82 Å². The van der Waals surface area contributed by atoms with Gasteiger partial charge in [-0.1, -0.05) is 35.5 Å². The van der Waals surface area contributed by atoms with Gasteiger partial charge in [-0.2, -0.15) is 18.2 Å². The molecule has 1 fully saturated rings. The van der Waals surface area contributed by atoms with Crippen LogP contribution >= 0.6 is 0 Å². The van der Waals surface area contributed by atoms with Crippen molar-refractivity contribution >= 4 is 5.91 Å². The Morgan fingerprint density at radius 1 is 0.895 bits per heavy atom. The lowest BCUT2D eigenvalue weighted by atomic mass is 10.1. The molecule has 0 bridgehead atoms. The van der Waals surface area contributed by atoms with Gasteiger partial charge in [0.05, 0.1) is 11.1 Å². The molecule has 4 aromatic rings. The molecular formula is C27H21F5N4O2. The Morgan fingerprint density at radius 3 is 2.37 bits per heavy atom. The molecule has 0 spiro atoms. The van der Waals surface area contributed by atoms with E-state index in [2.05, 4.69) is 15.0 Å². The molecule has 6 nitrogen and oxygen atoms in total. The Morgan fingerprint density at radius 2 is 1.61 bits per heavy atom. The van der Waals surface area contributed by atoms with Crippen LogP contribution in [0.2, 0.25) is 0 Å². The largest absolute Gasteiger partial charge is 0.416 e. The number of alkyl halides is 3. The van der Waals surface area contributed by atoms with Crippen LogP contribution in [-0.2, 0) is 12.7 Å². The number of amides is 1. The third-order valence-electron chi connectivity index (χ3n) is 6.30. The SMILES string of the molecule is O=C(c1cccc(F)c1F)N1CCN(Cc2cccc(-c3noc(-c4cccc(C(F)(F)F)c4)n3)c2)CC1. The summed E-state index contributed by atoms with van der Waals surface area (Å²) in [7, 11) is 0. The molecule has 1 aliphatic heterocycles. The highest BCUT2D eigenvalue weighted by molar-refractivity contribution is 5.94. The van der Waals surface area contributed by atoms with Crippen molar-refractivity contribution in [1.29, 1.82) is 0 Å². The molecule has 3 aromatic carbocycles. The van der Waals surface area contributed by atoms with E-state index in [0.29, 0.717) is 38.3 Å². The zero-order valence-electron chi connectivity index (χ0n) is 19.9. The van der Waals surface area contributed by atoms with E-state index in [1.165, 1.54) is 29.2 Å². The lowest BCUT2D eigenvalue weighted by Crippen LogP contribution is -2.48. The standard InChI is InChI=1S/C27H21F5N4O2/c28-22-9-3-8-21(23(22)29)26(37)36-12-10-35(11-13-36)16-17-4-1-5-18(14-17)24-33-25(38-34-24)19-6-2-7-20(15-19)27(30,31)32/h1-9,14-15H,10-13,16H2. The lowest BCUT2D eigenvalue weighted by Gasteiger charge is -2.34. The Labute approximate surface area is 214 Å². The van der Waals surface area contributed by atoms with E-state index in [-0.39, 0.29) is 22.8 Å². The number of hydrogen-bond acceptors (Lipinski definition) is 5. The second-order valence-corrected chi connectivity index (χ2v) is 8.87. The minimum absolute atomic E-state index is 0.0213. The van der Waals surface area contributed by atoms with Crippen molar-refractivity contribution in [3.8, 4) is 22.8 Å². The number of aromatic nitrogens is 2. The summed E-state index contributed by atoms with van der Waals surface area (Å²) in [6.07, 6.45) is -4.48. The van der Waals surface area contributed by atoms with Crippen LogP contribution in [0.5, 0.6) is 0 Å². The summed E-state index contributed by atoms with van der Waals surface area (Å²) < 4.78 is 71.9. The summed E-state index contributed by atoms with van der Waals surface area (Å²) in [6.45, 7) is 2.35. The summed E-state index contributed by atoms with van der Waals surface area (Å²) in [5.74, 6) is -2.52. The van der Waals surface area contributed by atoms with E-state index in [0.717, 1.165) is 23.8 Å². The number of rotatable bonds is 5. The van der Waals surface area contributed by atoms with Crippen LogP contribution in [0.25, 0.3) is 22.8 Å². The molecule has 0 N–H and O–H groups in total. The Kier molecular flexibility index (Phi) is 6.94. The summed E-state index contributed by atoms with van der Waals surface area (Å²) in [5.41, 5.74) is 0.652. The Bertz CT molecular complexity index is 1460. The van der Waals surface area contributed by atoms with Crippen LogP contribution in [0, 0.1) is 11.6 Å². The second-order valence-electron chi connectivity index (χ2n) is 8.87. The normalized spacial score (nSPS) is 14.6. The third-order valence-corrected chi connectivity index (χ3v) is 6.30. The average Bonchev–Trinajstić information content (AvgIpc) is 3.41. The van der Waals surface area contributed by atoms with E-state index in [9.17, 15) is 26.7 Å². The summed E-state index contributed by atoms with van der Waals surface area (Å²) in [4.78, 5) is 20.5. The van der Waals surface area contributed by atoms with Gasteiger partial charge in [0.15, 0.2) is 11.6 Å². The van der Waals surface area contributed by atoms with Crippen molar-refractivity contribution in [1.82, 2.24) is 19.9 Å². The maximum Gasteiger partial charge on any atom is 0.416 e. The second kappa shape index (κ2) is 10.3. The minimum atomic E-state index is -4.48. The van der Waals surface area contributed by atoms with Crippen molar-refractivity contribution in [2.24, 2.45) is 0 Å². The van der Waals surface area contributed by atoms with Crippen molar-refractivity contribution in [2.45, 2.75) is 12.7 Å². The molecule has 2 heterocycles. The predicted octanol–water partition coefficient (Wildman–Crippen LogP) is 5.66. The maximum atomic E-state index is 14.0. The van der Waals surface area contributed by atoms with Crippen molar-refractivity contribution in [2.75, 3.05) is 26.2 Å². The van der Waals surface area contributed by atoms with Crippen LogP contribution < -0.4 is 0 Å². The summed E-state index contributed by atoms with van der Waals surface area (Å²) in [6, 6.07) is 15.6. The molecule has 0 atom stereocenters. The van der Waals surface area contributed by atoms with E-state index in [1.807, 2.05) is 18.2 Å². The number of nitrogens with zero attached hydrogens (tertiary/aromatic N) is 4. The first-order valence-electron chi connectivity index (χ1n) is 11.8. The number of halogens is 5. The van der Waals surface area contributed by atoms with Crippen molar-refractivity contribution < 1.29 is 31.3 Å². The van der Waals surface area contributed by atoms with Crippen molar-refractivity contribution in [3.05, 3.63) is 95.1 Å². The van der Waals surface area contributed by atoms with Gasteiger partial charge in [-0.25, -0.2) is 8.78 Å². The highest BCUT2D eigenvalue weighted by atomic mass is 19.4. The number of benzene rings is 3. The van der Waals surface area contributed by atoms with Crippen LogP contribution in [-0.4, -0.2) is 52.0 Å². The molecule has 0 saturated carbocycles. The molecule has 0 aliphatic carbocycles. The van der Waals surface area contributed by atoms with Crippen LogP contribution in [0.1, 0.15) is 21.5 Å². The number of carbonyl (C=O) groups is 1. The third kappa shape index (κ3) is 5.42. The monoisotopic (exact) mass is 528 g/mol. The first-order chi connectivity index (χ1) is 18.2. The zero-order chi connectivity index (χ0) is 26.9. The topological polar surface area (TPSA) is 62.5 Å². The van der Waals surface area contributed by atoms with Gasteiger partial charge in [0, 0.05) is 43.9 Å². The van der Waals surface area contributed by atoms with Gasteiger partial charge >= 0.3 is 6.18 Å². The van der Waals surface area contributed by atoms with E-state index in [1.54, 1.807) is 6.07 Å². The molecule has 1 aliphatic rings. The van der Waals surface area contributed by atoms with Crippen LogP contribution in [0.3, 0.4) is 0 Å². The number of carbonyl (C=O) groups excluding carboxylic acids is 1. The quantitative estimate of drug-likeness (QED) is 0.313. The molecule has 1 saturated heterocycles. The number of hydrogen-bond donors (Lipinski definition) is 0. The molecule has 0 unspecified atom stereocenters. The molecule has 1 amide bonds. The highest BCUT2D eigenvalue weighted by Crippen LogP contribution is 2.32. The van der Waals surface area contributed by atoms with E-state index in [4.69, 9.17) is 4.52 Å². The molecule has 5 rings (SSSR count). The summed E-state index contributed by atoms with van der Waals surface area (Å²) in [5, 5.41) is 3.93. The van der Waals surface area contributed by atoms with Crippen LogP contribution in [0.4, 0.5) is 22.0 Å². The fraction of sp³-hybridized carbons (Fsp3) is 0.222. The predicted molar refractivity (Wildman–Crippen MR) is 128 cm³/mol. The fourth-order valence-corrected chi connectivity index (χ4v) is 4.30.